The van der Waals surface area contributed by atoms with Gasteiger partial charge < -0.3 is 4.74 Å². The lowest BCUT2D eigenvalue weighted by Gasteiger charge is -2.16. The number of hydrogen-bond donors (Lipinski definition) is 0. The Labute approximate surface area is 95.4 Å². The van der Waals surface area contributed by atoms with Crippen molar-refractivity contribution in [1.29, 1.82) is 0 Å². The van der Waals surface area contributed by atoms with Crippen LogP contribution in [0.1, 0.15) is 32.8 Å². The molecule has 1 aromatic carbocycles. The molecule has 3 heteroatoms. The summed E-state index contributed by atoms with van der Waals surface area (Å²) in [6, 6.07) is 5.93. The average Bonchev–Trinajstić information content (AvgIpc) is 2.14. The van der Waals surface area contributed by atoms with E-state index in [1.54, 1.807) is 12.1 Å². The van der Waals surface area contributed by atoms with E-state index in [0.29, 0.717) is 6.42 Å². The summed E-state index contributed by atoms with van der Waals surface area (Å²) in [6.45, 7) is 6.14. The molecule has 0 aromatic heterocycles. The van der Waals surface area contributed by atoms with Crippen molar-refractivity contribution >= 4 is 5.97 Å². The van der Waals surface area contributed by atoms with Gasteiger partial charge in [0.2, 0.25) is 0 Å². The number of halogens is 1. The Hall–Kier alpha value is -1.38. The molecule has 0 N–H and O–H groups in total. The highest BCUT2D eigenvalue weighted by Crippen LogP contribution is 2.19. The molecule has 16 heavy (non-hydrogen) atoms. The summed E-state index contributed by atoms with van der Waals surface area (Å²) in [7, 11) is 0. The quantitative estimate of drug-likeness (QED) is 0.736. The third-order valence-corrected chi connectivity index (χ3v) is 1.99. The van der Waals surface area contributed by atoms with E-state index < -0.39 is 0 Å². The van der Waals surface area contributed by atoms with Crippen LogP contribution >= 0.6 is 0 Å². The van der Waals surface area contributed by atoms with Crippen molar-refractivity contribution < 1.29 is 13.9 Å². The monoisotopic (exact) mass is 224 g/mol. The molecule has 0 atom stereocenters. The first kappa shape index (κ1) is 12.7. The van der Waals surface area contributed by atoms with Crippen LogP contribution in [0.15, 0.2) is 24.3 Å². The fourth-order valence-corrected chi connectivity index (χ4v) is 1.23. The summed E-state index contributed by atoms with van der Waals surface area (Å²) in [5, 5.41) is 0. The van der Waals surface area contributed by atoms with E-state index in [0.717, 1.165) is 5.56 Å². The zero-order valence-electron chi connectivity index (χ0n) is 9.92. The van der Waals surface area contributed by atoms with Crippen LogP contribution in [0.25, 0.3) is 0 Å². The first-order chi connectivity index (χ1) is 7.37. The Kier molecular flexibility index (Phi) is 4.05. The molecule has 88 valence electrons. The van der Waals surface area contributed by atoms with Gasteiger partial charge in [-0.1, -0.05) is 32.9 Å². The van der Waals surface area contributed by atoms with Gasteiger partial charge in [-0.3, -0.25) is 4.79 Å². The van der Waals surface area contributed by atoms with Gasteiger partial charge in [0.05, 0.1) is 6.42 Å². The molecule has 0 unspecified atom stereocenters. The van der Waals surface area contributed by atoms with Crippen LogP contribution in [0.5, 0.6) is 0 Å². The number of esters is 1. The van der Waals surface area contributed by atoms with E-state index >= 15 is 0 Å². The maximum atomic E-state index is 12.6. The van der Waals surface area contributed by atoms with Gasteiger partial charge in [0.25, 0.3) is 0 Å². The Morgan fingerprint density at radius 2 is 1.81 bits per heavy atom. The molecule has 0 fully saturated rings. The van der Waals surface area contributed by atoms with Crippen molar-refractivity contribution in [2.24, 2.45) is 5.41 Å². The maximum absolute atomic E-state index is 12.6. The molecule has 0 aliphatic rings. The third-order valence-electron chi connectivity index (χ3n) is 1.99. The normalized spacial score (nSPS) is 11.2. The summed E-state index contributed by atoms with van der Waals surface area (Å²) in [6.07, 6.45) is 0.383. The van der Waals surface area contributed by atoms with Crippen LogP contribution < -0.4 is 0 Å². The SMILES string of the molecule is CC(C)(C)CC(=O)OCc1ccc(F)cc1. The van der Waals surface area contributed by atoms with E-state index in [9.17, 15) is 9.18 Å². The predicted molar refractivity (Wildman–Crippen MR) is 60.3 cm³/mol. The van der Waals surface area contributed by atoms with Gasteiger partial charge in [0.1, 0.15) is 12.4 Å². The van der Waals surface area contributed by atoms with Gasteiger partial charge in [0.15, 0.2) is 0 Å². The van der Waals surface area contributed by atoms with Crippen molar-refractivity contribution in [3.63, 3.8) is 0 Å². The first-order valence-corrected chi connectivity index (χ1v) is 5.27. The summed E-state index contributed by atoms with van der Waals surface area (Å²) in [4.78, 5) is 11.4. The van der Waals surface area contributed by atoms with E-state index in [-0.39, 0.29) is 23.8 Å². The molecule has 1 rings (SSSR count). The zero-order valence-corrected chi connectivity index (χ0v) is 9.92. The summed E-state index contributed by atoms with van der Waals surface area (Å²) in [5.74, 6) is -0.512. The Morgan fingerprint density at radius 3 is 2.31 bits per heavy atom. The van der Waals surface area contributed by atoms with Crippen molar-refractivity contribution in [1.82, 2.24) is 0 Å². The fourth-order valence-electron chi connectivity index (χ4n) is 1.23. The van der Waals surface area contributed by atoms with Gasteiger partial charge in [-0.25, -0.2) is 4.39 Å². The van der Waals surface area contributed by atoms with Gasteiger partial charge in [-0.05, 0) is 23.1 Å². The molecule has 2 nitrogen and oxygen atoms in total. The average molecular weight is 224 g/mol. The van der Waals surface area contributed by atoms with Crippen LogP contribution in [0, 0.1) is 11.2 Å². The molecular weight excluding hydrogens is 207 g/mol. The van der Waals surface area contributed by atoms with E-state index in [2.05, 4.69) is 0 Å². The molecule has 0 radical (unpaired) electrons. The molecule has 0 heterocycles. The van der Waals surface area contributed by atoms with Gasteiger partial charge >= 0.3 is 5.97 Å². The molecule has 1 aromatic rings. The Morgan fingerprint density at radius 1 is 1.25 bits per heavy atom. The minimum Gasteiger partial charge on any atom is -0.461 e. The molecule has 0 aliphatic heterocycles. The topological polar surface area (TPSA) is 26.3 Å². The second-order valence-electron chi connectivity index (χ2n) is 5.02. The van der Waals surface area contributed by atoms with Gasteiger partial charge in [0, 0.05) is 0 Å². The minimum absolute atomic E-state index is 0.0696. The highest BCUT2D eigenvalue weighted by Gasteiger charge is 2.16. The largest absolute Gasteiger partial charge is 0.461 e. The van der Waals surface area contributed by atoms with Crippen molar-refractivity contribution in [2.45, 2.75) is 33.8 Å². The number of rotatable bonds is 3. The Bertz CT molecular complexity index is 349. The lowest BCUT2D eigenvalue weighted by molar-refractivity contribution is -0.147. The highest BCUT2D eigenvalue weighted by molar-refractivity contribution is 5.70. The summed E-state index contributed by atoms with van der Waals surface area (Å²) < 4.78 is 17.7. The molecule has 0 spiro atoms. The Balaban J connectivity index is 2.40. The fraction of sp³-hybridized carbons (Fsp3) is 0.462. The van der Waals surface area contributed by atoms with Crippen molar-refractivity contribution in [2.75, 3.05) is 0 Å². The van der Waals surface area contributed by atoms with Crippen LogP contribution in [-0.2, 0) is 16.1 Å². The van der Waals surface area contributed by atoms with Crippen LogP contribution in [0.4, 0.5) is 4.39 Å². The molecule has 0 bridgehead atoms. The lowest BCUT2D eigenvalue weighted by atomic mass is 9.92. The van der Waals surface area contributed by atoms with Gasteiger partial charge in [-0.2, -0.15) is 0 Å². The predicted octanol–water partition coefficient (Wildman–Crippen LogP) is 3.31. The molecular formula is C13H17FO2. The molecule has 0 amide bonds. The lowest BCUT2D eigenvalue weighted by Crippen LogP contribution is -2.15. The third kappa shape index (κ3) is 4.91. The second-order valence-corrected chi connectivity index (χ2v) is 5.02. The van der Waals surface area contributed by atoms with E-state index in [4.69, 9.17) is 4.74 Å². The number of hydrogen-bond acceptors (Lipinski definition) is 2. The number of ether oxygens (including phenoxy) is 1. The summed E-state index contributed by atoms with van der Waals surface area (Å²) >= 11 is 0. The maximum Gasteiger partial charge on any atom is 0.306 e. The van der Waals surface area contributed by atoms with Crippen molar-refractivity contribution in [3.8, 4) is 0 Å². The van der Waals surface area contributed by atoms with Crippen LogP contribution in [-0.4, -0.2) is 5.97 Å². The van der Waals surface area contributed by atoms with Gasteiger partial charge in [-0.15, -0.1) is 0 Å². The second kappa shape index (κ2) is 5.10. The van der Waals surface area contributed by atoms with E-state index in [1.807, 2.05) is 20.8 Å². The first-order valence-electron chi connectivity index (χ1n) is 5.27. The minimum atomic E-state index is -0.287. The smallest absolute Gasteiger partial charge is 0.306 e. The highest BCUT2D eigenvalue weighted by atomic mass is 19.1. The van der Waals surface area contributed by atoms with Crippen LogP contribution in [0.3, 0.4) is 0 Å². The summed E-state index contributed by atoms with van der Waals surface area (Å²) in [5.41, 5.74) is 0.725. The number of benzene rings is 1. The van der Waals surface area contributed by atoms with Crippen LogP contribution in [0.2, 0.25) is 0 Å². The molecule has 0 saturated heterocycles. The zero-order chi connectivity index (χ0) is 12.2. The van der Waals surface area contributed by atoms with Crippen molar-refractivity contribution in [3.05, 3.63) is 35.6 Å². The number of carbonyl (C=O) groups is 1. The number of carbonyl (C=O) groups excluding carboxylic acids is 1. The molecule has 0 saturated carbocycles. The molecule has 0 aliphatic carbocycles. The standard InChI is InChI=1S/C13H17FO2/c1-13(2,3)8-12(15)16-9-10-4-6-11(14)7-5-10/h4-7H,8-9H2,1-3H3. The van der Waals surface area contributed by atoms with E-state index in [1.165, 1.54) is 12.1 Å².